The van der Waals surface area contributed by atoms with Gasteiger partial charge in [-0.25, -0.2) is 0 Å². The van der Waals surface area contributed by atoms with Crippen LogP contribution in [0.1, 0.15) is 19.8 Å². The maximum atomic E-state index is 11.2. The lowest BCUT2D eigenvalue weighted by atomic mass is 10.2. The van der Waals surface area contributed by atoms with Crippen LogP contribution >= 0.6 is 0 Å². The summed E-state index contributed by atoms with van der Waals surface area (Å²) in [7, 11) is 0. The van der Waals surface area contributed by atoms with Crippen LogP contribution in [-0.4, -0.2) is 23.9 Å². The van der Waals surface area contributed by atoms with Gasteiger partial charge in [0.15, 0.2) is 0 Å². The summed E-state index contributed by atoms with van der Waals surface area (Å²) in [6.07, 6.45) is 2.33. The average molecular weight is 140 g/mol. The smallest absolute Gasteiger partial charge is 0.225 e. The number of hydrogen-bond donors (Lipinski definition) is 0. The molecule has 0 aliphatic carbocycles. The number of carbonyl (C=O) groups is 1. The Kier molecular flexibility index (Phi) is 2.30. The molecule has 1 aliphatic heterocycles. The molecule has 1 aliphatic rings. The SMILES string of the molecule is [CH2]C(C)C(=O)N1CCCC1. The molecule has 0 saturated carbocycles. The molecule has 10 heavy (non-hydrogen) atoms. The van der Waals surface area contributed by atoms with E-state index in [1.165, 1.54) is 12.8 Å². The molecule has 0 aromatic carbocycles. The maximum Gasteiger partial charge on any atom is 0.225 e. The minimum Gasteiger partial charge on any atom is -0.342 e. The molecular formula is C8H14NO. The van der Waals surface area contributed by atoms with Crippen molar-refractivity contribution in [2.75, 3.05) is 13.1 Å². The van der Waals surface area contributed by atoms with Crippen LogP contribution < -0.4 is 0 Å². The van der Waals surface area contributed by atoms with Crippen molar-refractivity contribution in [2.45, 2.75) is 19.8 Å². The molecule has 1 unspecified atom stereocenters. The van der Waals surface area contributed by atoms with Crippen molar-refractivity contribution in [3.05, 3.63) is 6.92 Å². The van der Waals surface area contributed by atoms with E-state index in [1.54, 1.807) is 0 Å². The summed E-state index contributed by atoms with van der Waals surface area (Å²) < 4.78 is 0. The Morgan fingerprint density at radius 1 is 1.50 bits per heavy atom. The molecule has 1 radical (unpaired) electrons. The minimum absolute atomic E-state index is 0.0712. The average Bonchev–Trinajstić information content (AvgIpc) is 2.36. The second-order valence-corrected chi connectivity index (χ2v) is 2.93. The zero-order valence-electron chi connectivity index (χ0n) is 6.47. The van der Waals surface area contributed by atoms with Crippen LogP contribution in [-0.2, 0) is 4.79 Å². The largest absolute Gasteiger partial charge is 0.342 e. The second kappa shape index (κ2) is 3.04. The molecule has 0 aromatic heterocycles. The third-order valence-corrected chi connectivity index (χ3v) is 1.84. The Hall–Kier alpha value is -0.530. The highest BCUT2D eigenvalue weighted by molar-refractivity contribution is 5.79. The molecule has 0 N–H and O–H groups in total. The topological polar surface area (TPSA) is 20.3 Å². The number of amides is 1. The Labute approximate surface area is 62.2 Å². The van der Waals surface area contributed by atoms with Crippen LogP contribution in [0.5, 0.6) is 0 Å². The number of carbonyl (C=O) groups excluding carboxylic acids is 1. The van der Waals surface area contributed by atoms with E-state index >= 15 is 0 Å². The Morgan fingerprint density at radius 2 is 2.00 bits per heavy atom. The van der Waals surface area contributed by atoms with Crippen molar-refractivity contribution in [3.63, 3.8) is 0 Å². The van der Waals surface area contributed by atoms with E-state index in [0.29, 0.717) is 0 Å². The predicted molar refractivity (Wildman–Crippen MR) is 40.3 cm³/mol. The third-order valence-electron chi connectivity index (χ3n) is 1.84. The van der Waals surface area contributed by atoms with E-state index in [9.17, 15) is 4.79 Å². The summed E-state index contributed by atoms with van der Waals surface area (Å²) in [6.45, 7) is 7.43. The van der Waals surface area contributed by atoms with Gasteiger partial charge in [0.1, 0.15) is 0 Å². The van der Waals surface area contributed by atoms with E-state index < -0.39 is 0 Å². The monoisotopic (exact) mass is 140 g/mol. The standard InChI is InChI=1S/C8H14NO/c1-7(2)8(10)9-5-3-4-6-9/h7H,1,3-6H2,2H3. The van der Waals surface area contributed by atoms with Gasteiger partial charge < -0.3 is 4.90 Å². The van der Waals surface area contributed by atoms with Gasteiger partial charge in [0.2, 0.25) is 5.91 Å². The van der Waals surface area contributed by atoms with E-state index in [1.807, 2.05) is 11.8 Å². The van der Waals surface area contributed by atoms with Gasteiger partial charge in [0, 0.05) is 19.0 Å². The lowest BCUT2D eigenvalue weighted by molar-refractivity contribution is -0.132. The Bertz CT molecular complexity index is 125. The molecule has 1 amide bonds. The van der Waals surface area contributed by atoms with Gasteiger partial charge in [0.25, 0.3) is 0 Å². The van der Waals surface area contributed by atoms with Gasteiger partial charge in [-0.05, 0) is 19.8 Å². The summed E-state index contributed by atoms with van der Waals surface area (Å²) >= 11 is 0. The number of hydrogen-bond acceptors (Lipinski definition) is 1. The van der Waals surface area contributed by atoms with Crippen LogP contribution in [0.25, 0.3) is 0 Å². The Balaban J connectivity index is 2.40. The highest BCUT2D eigenvalue weighted by Gasteiger charge is 2.19. The zero-order chi connectivity index (χ0) is 7.56. The van der Waals surface area contributed by atoms with Gasteiger partial charge in [0.05, 0.1) is 0 Å². The van der Waals surface area contributed by atoms with Gasteiger partial charge in [-0.2, -0.15) is 0 Å². The van der Waals surface area contributed by atoms with Crippen LogP contribution in [0.3, 0.4) is 0 Å². The highest BCUT2D eigenvalue weighted by Crippen LogP contribution is 2.10. The zero-order valence-corrected chi connectivity index (χ0v) is 6.47. The van der Waals surface area contributed by atoms with E-state index in [4.69, 9.17) is 0 Å². The molecule has 1 heterocycles. The van der Waals surface area contributed by atoms with Gasteiger partial charge in [-0.15, -0.1) is 0 Å². The van der Waals surface area contributed by atoms with Crippen molar-refractivity contribution < 1.29 is 4.79 Å². The van der Waals surface area contributed by atoms with E-state index in [-0.39, 0.29) is 11.8 Å². The highest BCUT2D eigenvalue weighted by atomic mass is 16.2. The maximum absolute atomic E-state index is 11.2. The molecule has 1 atom stereocenters. The van der Waals surface area contributed by atoms with Crippen LogP contribution in [0, 0.1) is 12.8 Å². The third kappa shape index (κ3) is 1.49. The first-order valence-corrected chi connectivity index (χ1v) is 3.83. The summed E-state index contributed by atoms with van der Waals surface area (Å²) in [5.41, 5.74) is 0. The first-order valence-electron chi connectivity index (χ1n) is 3.83. The van der Waals surface area contributed by atoms with Crippen molar-refractivity contribution in [1.82, 2.24) is 4.90 Å². The molecular weight excluding hydrogens is 126 g/mol. The molecule has 57 valence electrons. The molecule has 1 fully saturated rings. The molecule has 0 aromatic rings. The normalized spacial score (nSPS) is 18.5. The van der Waals surface area contributed by atoms with Crippen molar-refractivity contribution >= 4 is 5.91 Å². The first kappa shape index (κ1) is 7.58. The summed E-state index contributed by atoms with van der Waals surface area (Å²) in [4.78, 5) is 13.1. The second-order valence-electron chi connectivity index (χ2n) is 2.93. The number of nitrogens with zero attached hydrogens (tertiary/aromatic N) is 1. The Morgan fingerprint density at radius 3 is 2.40 bits per heavy atom. The van der Waals surface area contributed by atoms with Gasteiger partial charge >= 0.3 is 0 Å². The molecule has 1 saturated heterocycles. The van der Waals surface area contributed by atoms with E-state index in [0.717, 1.165) is 13.1 Å². The summed E-state index contributed by atoms with van der Waals surface area (Å²) in [6, 6.07) is 0. The minimum atomic E-state index is -0.0712. The molecule has 2 heteroatoms. The lowest BCUT2D eigenvalue weighted by Crippen LogP contribution is -2.31. The van der Waals surface area contributed by atoms with Crippen LogP contribution in [0.15, 0.2) is 0 Å². The number of likely N-dealkylation sites (tertiary alicyclic amines) is 1. The molecule has 2 nitrogen and oxygen atoms in total. The summed E-state index contributed by atoms with van der Waals surface area (Å²) in [5.74, 6) is 0.135. The number of rotatable bonds is 1. The van der Waals surface area contributed by atoms with Crippen LogP contribution in [0.2, 0.25) is 0 Å². The van der Waals surface area contributed by atoms with Gasteiger partial charge in [-0.3, -0.25) is 4.79 Å². The van der Waals surface area contributed by atoms with Crippen molar-refractivity contribution in [3.8, 4) is 0 Å². The quantitative estimate of drug-likeness (QED) is 0.533. The first-order chi connectivity index (χ1) is 4.72. The molecule has 1 rings (SSSR count). The lowest BCUT2D eigenvalue weighted by Gasteiger charge is -2.16. The molecule has 0 spiro atoms. The predicted octanol–water partition coefficient (Wildman–Crippen LogP) is 1.08. The van der Waals surface area contributed by atoms with Crippen molar-refractivity contribution in [2.24, 2.45) is 5.92 Å². The fourth-order valence-corrected chi connectivity index (χ4v) is 1.25. The van der Waals surface area contributed by atoms with Crippen molar-refractivity contribution in [1.29, 1.82) is 0 Å². The summed E-state index contributed by atoms with van der Waals surface area (Å²) in [5, 5.41) is 0. The molecule has 0 bridgehead atoms. The fraction of sp³-hybridized carbons (Fsp3) is 0.750. The van der Waals surface area contributed by atoms with Gasteiger partial charge in [-0.1, -0.05) is 6.92 Å². The van der Waals surface area contributed by atoms with E-state index in [2.05, 4.69) is 6.92 Å². The fourth-order valence-electron chi connectivity index (χ4n) is 1.25. The van der Waals surface area contributed by atoms with Crippen LogP contribution in [0.4, 0.5) is 0 Å².